The van der Waals surface area contributed by atoms with Gasteiger partial charge in [-0.15, -0.1) is 0 Å². The second-order valence-electron chi connectivity index (χ2n) is 6.76. The molecular weight excluding hydrogens is 390 g/mol. The van der Waals surface area contributed by atoms with Crippen LogP contribution in [0.4, 0.5) is 5.69 Å². The number of hydrogen-bond donors (Lipinski definition) is 1. The van der Waals surface area contributed by atoms with Crippen molar-refractivity contribution in [3.8, 4) is 0 Å². The predicted molar refractivity (Wildman–Crippen MR) is 110 cm³/mol. The molecule has 4 rings (SSSR count). The molecule has 0 aliphatic carbocycles. The standard InChI is InChI=1S/C21H19N3O4S/c1-29(26,27)23-17-10-5-9-16(13-17)18-14-19(15-7-3-2-4-8-15)24(22-18)21(25)20-11-6-12-28-20/h2-13,19,23H,14H2,1H3. The van der Waals surface area contributed by atoms with E-state index >= 15 is 0 Å². The maximum atomic E-state index is 13.0. The van der Waals surface area contributed by atoms with Crippen LogP contribution in [0.2, 0.25) is 0 Å². The second-order valence-corrected chi connectivity index (χ2v) is 8.51. The SMILES string of the molecule is CS(=O)(=O)Nc1cccc(C2=NN(C(=O)c3ccco3)C(c3ccccc3)C2)c1. The van der Waals surface area contributed by atoms with Crippen LogP contribution in [0.15, 0.2) is 82.5 Å². The maximum Gasteiger partial charge on any atom is 0.310 e. The first-order chi connectivity index (χ1) is 13.9. The van der Waals surface area contributed by atoms with E-state index in [4.69, 9.17) is 4.42 Å². The number of furan rings is 1. The van der Waals surface area contributed by atoms with Gasteiger partial charge in [0.15, 0.2) is 5.76 Å². The van der Waals surface area contributed by atoms with Gasteiger partial charge in [0, 0.05) is 12.1 Å². The quantitative estimate of drug-likeness (QED) is 0.696. The molecule has 1 aliphatic heterocycles. The number of rotatable bonds is 5. The van der Waals surface area contributed by atoms with Crippen LogP contribution in [-0.4, -0.2) is 31.3 Å². The highest BCUT2D eigenvalue weighted by molar-refractivity contribution is 7.92. The van der Waals surface area contributed by atoms with E-state index in [-0.39, 0.29) is 17.7 Å². The van der Waals surface area contributed by atoms with Gasteiger partial charge in [-0.3, -0.25) is 9.52 Å². The lowest BCUT2D eigenvalue weighted by Gasteiger charge is -2.21. The van der Waals surface area contributed by atoms with Crippen LogP contribution in [0.3, 0.4) is 0 Å². The van der Waals surface area contributed by atoms with Crippen LogP contribution in [0.5, 0.6) is 0 Å². The molecule has 8 heteroatoms. The van der Waals surface area contributed by atoms with Gasteiger partial charge in [-0.05, 0) is 35.4 Å². The summed E-state index contributed by atoms with van der Waals surface area (Å²) in [5.41, 5.74) is 2.83. The van der Waals surface area contributed by atoms with E-state index in [2.05, 4.69) is 9.82 Å². The molecule has 1 aliphatic rings. The van der Waals surface area contributed by atoms with Crippen molar-refractivity contribution in [1.29, 1.82) is 0 Å². The van der Waals surface area contributed by atoms with Crippen LogP contribution in [0.1, 0.15) is 34.1 Å². The molecule has 0 fully saturated rings. The van der Waals surface area contributed by atoms with Gasteiger partial charge in [-0.25, -0.2) is 13.4 Å². The first kappa shape index (κ1) is 18.9. The van der Waals surface area contributed by atoms with E-state index < -0.39 is 10.0 Å². The summed E-state index contributed by atoms with van der Waals surface area (Å²) in [7, 11) is -3.39. The van der Waals surface area contributed by atoms with Crippen molar-refractivity contribution in [2.45, 2.75) is 12.5 Å². The van der Waals surface area contributed by atoms with Crippen molar-refractivity contribution in [2.75, 3.05) is 11.0 Å². The molecule has 0 saturated heterocycles. The number of nitrogens with zero attached hydrogens (tertiary/aromatic N) is 2. The largest absolute Gasteiger partial charge is 0.459 e. The average molecular weight is 409 g/mol. The fourth-order valence-corrected chi connectivity index (χ4v) is 3.85. The minimum absolute atomic E-state index is 0.212. The highest BCUT2D eigenvalue weighted by Crippen LogP contribution is 2.34. The monoisotopic (exact) mass is 409 g/mol. The molecule has 29 heavy (non-hydrogen) atoms. The van der Waals surface area contributed by atoms with Crippen molar-refractivity contribution < 1.29 is 17.6 Å². The molecule has 1 aromatic heterocycles. The number of sulfonamides is 1. The summed E-state index contributed by atoms with van der Waals surface area (Å²) in [5, 5.41) is 6.00. The third kappa shape index (κ3) is 4.22. The number of hydrazone groups is 1. The molecule has 2 aromatic carbocycles. The fourth-order valence-electron chi connectivity index (χ4n) is 3.30. The number of nitrogens with one attached hydrogen (secondary N) is 1. The Hall–Kier alpha value is -3.39. The minimum atomic E-state index is -3.39. The first-order valence-corrected chi connectivity index (χ1v) is 10.9. The third-order valence-electron chi connectivity index (χ3n) is 4.53. The van der Waals surface area contributed by atoms with Gasteiger partial charge in [-0.1, -0.05) is 42.5 Å². The molecule has 1 atom stereocenters. The summed E-state index contributed by atoms with van der Waals surface area (Å²) in [6.07, 6.45) is 3.05. The van der Waals surface area contributed by atoms with Crippen LogP contribution < -0.4 is 4.72 Å². The summed E-state index contributed by atoms with van der Waals surface area (Å²) in [4.78, 5) is 13.0. The van der Waals surface area contributed by atoms with Crippen LogP contribution >= 0.6 is 0 Å². The third-order valence-corrected chi connectivity index (χ3v) is 5.14. The Morgan fingerprint density at radius 3 is 2.59 bits per heavy atom. The number of carbonyl (C=O) groups is 1. The van der Waals surface area contributed by atoms with Gasteiger partial charge in [0.25, 0.3) is 0 Å². The summed E-state index contributed by atoms with van der Waals surface area (Å²) in [5.74, 6) is -0.118. The Morgan fingerprint density at radius 1 is 1.10 bits per heavy atom. The molecule has 1 amide bonds. The number of carbonyl (C=O) groups excluding carboxylic acids is 1. The predicted octanol–water partition coefficient (Wildman–Crippen LogP) is 3.64. The van der Waals surface area contributed by atoms with E-state index in [9.17, 15) is 13.2 Å². The van der Waals surface area contributed by atoms with Crippen LogP contribution in [-0.2, 0) is 10.0 Å². The topological polar surface area (TPSA) is 92.0 Å². The Kier molecular flexibility index (Phi) is 4.94. The number of amides is 1. The lowest BCUT2D eigenvalue weighted by atomic mass is 9.98. The van der Waals surface area contributed by atoms with Crippen molar-refractivity contribution in [1.82, 2.24) is 5.01 Å². The van der Waals surface area contributed by atoms with Crippen molar-refractivity contribution in [2.24, 2.45) is 5.10 Å². The molecule has 1 N–H and O–H groups in total. The summed E-state index contributed by atoms with van der Waals surface area (Å²) < 4.78 is 30.8. The highest BCUT2D eigenvalue weighted by Gasteiger charge is 2.34. The molecule has 0 bridgehead atoms. The van der Waals surface area contributed by atoms with Gasteiger partial charge < -0.3 is 4.42 Å². The molecule has 0 spiro atoms. The Morgan fingerprint density at radius 2 is 1.90 bits per heavy atom. The normalized spacial score (nSPS) is 16.5. The van der Waals surface area contributed by atoms with Crippen molar-refractivity contribution in [3.63, 3.8) is 0 Å². The zero-order valence-corrected chi connectivity index (χ0v) is 16.5. The fraction of sp³-hybridized carbons (Fsp3) is 0.143. The maximum absolute atomic E-state index is 13.0. The number of benzene rings is 2. The Balaban J connectivity index is 1.70. The average Bonchev–Trinajstić information content (AvgIpc) is 3.37. The molecule has 3 aromatic rings. The van der Waals surface area contributed by atoms with Crippen LogP contribution in [0, 0.1) is 0 Å². The molecule has 0 saturated carbocycles. The smallest absolute Gasteiger partial charge is 0.310 e. The minimum Gasteiger partial charge on any atom is -0.459 e. The zero-order valence-electron chi connectivity index (χ0n) is 15.6. The van der Waals surface area contributed by atoms with Crippen molar-refractivity contribution in [3.05, 3.63) is 89.9 Å². The van der Waals surface area contributed by atoms with Crippen LogP contribution in [0.25, 0.3) is 0 Å². The molecule has 148 valence electrons. The Labute approximate surface area is 168 Å². The number of hydrogen-bond acceptors (Lipinski definition) is 5. The summed E-state index contributed by atoms with van der Waals surface area (Å²) >= 11 is 0. The van der Waals surface area contributed by atoms with E-state index in [1.54, 1.807) is 30.3 Å². The second kappa shape index (κ2) is 7.56. The van der Waals surface area contributed by atoms with Gasteiger partial charge in [0.2, 0.25) is 10.0 Å². The van der Waals surface area contributed by atoms with E-state index in [1.807, 2.05) is 36.4 Å². The van der Waals surface area contributed by atoms with Gasteiger partial charge in [0.05, 0.1) is 24.3 Å². The van der Waals surface area contributed by atoms with Gasteiger partial charge in [-0.2, -0.15) is 5.10 Å². The first-order valence-electron chi connectivity index (χ1n) is 8.98. The molecule has 0 radical (unpaired) electrons. The highest BCUT2D eigenvalue weighted by atomic mass is 32.2. The van der Waals surface area contributed by atoms with Gasteiger partial charge >= 0.3 is 5.91 Å². The van der Waals surface area contributed by atoms with E-state index in [0.29, 0.717) is 17.8 Å². The molecular formula is C21H19N3O4S. The Bertz CT molecular complexity index is 1160. The molecule has 2 heterocycles. The molecule has 1 unspecified atom stereocenters. The summed E-state index contributed by atoms with van der Waals surface area (Å²) in [6.45, 7) is 0. The van der Waals surface area contributed by atoms with Crippen molar-refractivity contribution >= 4 is 27.3 Å². The van der Waals surface area contributed by atoms with Gasteiger partial charge in [0.1, 0.15) is 0 Å². The lowest BCUT2D eigenvalue weighted by molar-refractivity contribution is 0.0678. The zero-order chi connectivity index (χ0) is 20.4. The summed E-state index contributed by atoms with van der Waals surface area (Å²) in [6, 6.07) is 19.6. The molecule has 7 nitrogen and oxygen atoms in total. The van der Waals surface area contributed by atoms with E-state index in [1.165, 1.54) is 11.3 Å². The lowest BCUT2D eigenvalue weighted by Crippen LogP contribution is -2.26. The van der Waals surface area contributed by atoms with E-state index in [0.717, 1.165) is 17.4 Å². The number of anilines is 1.